The molecule has 2 aromatic rings. The topological polar surface area (TPSA) is 122 Å². The Bertz CT molecular complexity index is 975. The summed E-state index contributed by atoms with van der Waals surface area (Å²) in [5, 5.41) is 5.08. The fourth-order valence-electron chi connectivity index (χ4n) is 2.27. The van der Waals surface area contributed by atoms with E-state index < -0.39 is 35.1 Å². The van der Waals surface area contributed by atoms with Crippen LogP contribution >= 0.6 is 0 Å². The predicted molar refractivity (Wildman–Crippen MR) is 107 cm³/mol. The molecule has 0 saturated carbocycles. The van der Waals surface area contributed by atoms with Crippen LogP contribution in [0.25, 0.3) is 0 Å². The number of carbonyl (C=O) groups excluding carboxylic acids is 3. The number of anilines is 2. The maximum Gasteiger partial charge on any atom is 0.321 e. The number of ether oxygens (including phenoxy) is 1. The van der Waals surface area contributed by atoms with E-state index in [4.69, 9.17) is 4.74 Å². The Morgan fingerprint density at radius 1 is 0.931 bits per heavy atom. The maximum atomic E-state index is 12.5. The second-order valence-corrected chi connectivity index (χ2v) is 8.09. The average molecular weight is 419 g/mol. The van der Waals surface area contributed by atoms with E-state index in [1.807, 2.05) is 0 Å². The standard InChI is InChI=1S/C19H21N3O6S/c1-14(23)20-16-8-10-17(11-9-16)29(26,27)22(2)12-19(25)28-13-18(24)21-15-6-4-3-5-7-15/h3-11H,12-13H2,1-2H3,(H,20,23)(H,21,24). The lowest BCUT2D eigenvalue weighted by atomic mass is 10.3. The molecule has 0 spiro atoms. The number of para-hydroxylation sites is 1. The molecule has 0 aromatic heterocycles. The van der Waals surface area contributed by atoms with Gasteiger partial charge in [-0.3, -0.25) is 14.4 Å². The number of nitrogens with one attached hydrogen (secondary N) is 2. The number of benzene rings is 2. The predicted octanol–water partition coefficient (Wildman–Crippen LogP) is 1.45. The van der Waals surface area contributed by atoms with Crippen LogP contribution in [0, 0.1) is 0 Å². The summed E-state index contributed by atoms with van der Waals surface area (Å²) in [6.45, 7) is 0.242. The number of rotatable bonds is 8. The van der Waals surface area contributed by atoms with Gasteiger partial charge in [-0.25, -0.2) is 8.42 Å². The summed E-state index contributed by atoms with van der Waals surface area (Å²) in [6, 6.07) is 14.1. The largest absolute Gasteiger partial charge is 0.455 e. The third-order valence-electron chi connectivity index (χ3n) is 3.66. The number of hydrogen-bond acceptors (Lipinski definition) is 6. The highest BCUT2D eigenvalue weighted by molar-refractivity contribution is 7.89. The Morgan fingerprint density at radius 2 is 1.52 bits per heavy atom. The van der Waals surface area contributed by atoms with Crippen molar-refractivity contribution in [3.05, 3.63) is 54.6 Å². The Kier molecular flexibility index (Phi) is 7.46. The lowest BCUT2D eigenvalue weighted by Gasteiger charge is -2.16. The van der Waals surface area contributed by atoms with Gasteiger partial charge >= 0.3 is 5.97 Å². The van der Waals surface area contributed by atoms with Gasteiger partial charge in [0.2, 0.25) is 15.9 Å². The van der Waals surface area contributed by atoms with Crippen molar-refractivity contribution in [2.24, 2.45) is 0 Å². The minimum atomic E-state index is -3.95. The van der Waals surface area contributed by atoms with Crippen LogP contribution in [-0.4, -0.2) is 50.7 Å². The first-order chi connectivity index (χ1) is 13.7. The Labute approximate surface area is 168 Å². The molecule has 9 nitrogen and oxygen atoms in total. The van der Waals surface area contributed by atoms with Crippen molar-refractivity contribution >= 4 is 39.2 Å². The highest BCUT2D eigenvalue weighted by Crippen LogP contribution is 2.17. The summed E-state index contributed by atoms with van der Waals surface area (Å²) in [5.41, 5.74) is 0.999. The second kappa shape index (κ2) is 9.80. The molecule has 2 aromatic carbocycles. The Morgan fingerprint density at radius 3 is 2.10 bits per heavy atom. The smallest absolute Gasteiger partial charge is 0.321 e. The van der Waals surface area contributed by atoms with Gasteiger partial charge in [-0.1, -0.05) is 18.2 Å². The fourth-order valence-corrected chi connectivity index (χ4v) is 3.39. The normalized spacial score (nSPS) is 11.0. The van der Waals surface area contributed by atoms with Gasteiger partial charge in [0, 0.05) is 25.3 Å². The first-order valence-corrected chi connectivity index (χ1v) is 9.97. The average Bonchev–Trinajstić information content (AvgIpc) is 2.67. The lowest BCUT2D eigenvalue weighted by molar-refractivity contribution is -0.147. The number of carbonyl (C=O) groups is 3. The summed E-state index contributed by atoms with van der Waals surface area (Å²) < 4.78 is 30.7. The van der Waals surface area contributed by atoms with Crippen LogP contribution in [0.4, 0.5) is 11.4 Å². The van der Waals surface area contributed by atoms with E-state index >= 15 is 0 Å². The molecule has 0 aliphatic rings. The number of esters is 1. The minimum Gasteiger partial charge on any atom is -0.455 e. The van der Waals surface area contributed by atoms with Crippen LogP contribution in [-0.2, 0) is 29.1 Å². The van der Waals surface area contributed by atoms with Crippen LogP contribution < -0.4 is 10.6 Å². The van der Waals surface area contributed by atoms with Crippen LogP contribution in [0.5, 0.6) is 0 Å². The zero-order valence-corrected chi connectivity index (χ0v) is 16.7. The molecule has 0 heterocycles. The van der Waals surface area contributed by atoms with Crippen molar-refractivity contribution in [2.45, 2.75) is 11.8 Å². The van der Waals surface area contributed by atoms with E-state index in [1.165, 1.54) is 38.2 Å². The van der Waals surface area contributed by atoms with Crippen LogP contribution in [0.3, 0.4) is 0 Å². The summed E-state index contributed by atoms with van der Waals surface area (Å²) in [5.74, 6) is -1.69. The Balaban J connectivity index is 1.88. The molecule has 0 aliphatic carbocycles. The van der Waals surface area contributed by atoms with E-state index in [0.717, 1.165) is 4.31 Å². The molecule has 2 amide bonds. The number of amides is 2. The summed E-state index contributed by atoms with van der Waals surface area (Å²) in [7, 11) is -2.72. The van der Waals surface area contributed by atoms with Crippen LogP contribution in [0.2, 0.25) is 0 Å². The van der Waals surface area contributed by atoms with E-state index in [-0.39, 0.29) is 10.8 Å². The molecule has 29 heavy (non-hydrogen) atoms. The van der Waals surface area contributed by atoms with Crippen molar-refractivity contribution in [3.8, 4) is 0 Å². The molecule has 2 rings (SSSR count). The first kappa shape index (κ1) is 22.1. The summed E-state index contributed by atoms with van der Waals surface area (Å²) in [4.78, 5) is 34.7. The number of nitrogens with zero attached hydrogens (tertiary/aromatic N) is 1. The quantitative estimate of drug-likeness (QED) is 0.625. The summed E-state index contributed by atoms with van der Waals surface area (Å²) >= 11 is 0. The van der Waals surface area contributed by atoms with Crippen molar-refractivity contribution in [2.75, 3.05) is 30.8 Å². The highest BCUT2D eigenvalue weighted by atomic mass is 32.2. The van der Waals surface area contributed by atoms with Gasteiger partial charge in [0.05, 0.1) is 4.90 Å². The molecular weight excluding hydrogens is 398 g/mol. The monoisotopic (exact) mass is 419 g/mol. The number of likely N-dealkylation sites (N-methyl/N-ethyl adjacent to an activating group) is 1. The van der Waals surface area contributed by atoms with Gasteiger partial charge in [-0.2, -0.15) is 4.31 Å². The number of sulfonamides is 1. The molecule has 10 heteroatoms. The molecule has 0 unspecified atom stereocenters. The maximum absolute atomic E-state index is 12.5. The van der Waals surface area contributed by atoms with Gasteiger partial charge in [0.25, 0.3) is 5.91 Å². The third kappa shape index (κ3) is 6.70. The molecule has 0 aliphatic heterocycles. The van der Waals surface area contributed by atoms with E-state index in [1.54, 1.807) is 30.3 Å². The third-order valence-corrected chi connectivity index (χ3v) is 5.47. The fraction of sp³-hybridized carbons (Fsp3) is 0.211. The molecule has 0 bridgehead atoms. The van der Waals surface area contributed by atoms with Gasteiger partial charge < -0.3 is 15.4 Å². The first-order valence-electron chi connectivity index (χ1n) is 8.53. The SMILES string of the molecule is CC(=O)Nc1ccc(S(=O)(=O)N(C)CC(=O)OCC(=O)Nc2ccccc2)cc1. The molecule has 0 radical (unpaired) electrons. The molecule has 2 N–H and O–H groups in total. The van der Waals surface area contributed by atoms with Gasteiger partial charge in [0.15, 0.2) is 6.61 Å². The van der Waals surface area contributed by atoms with E-state index in [0.29, 0.717) is 11.4 Å². The molecule has 154 valence electrons. The molecule has 0 fully saturated rings. The second-order valence-electron chi connectivity index (χ2n) is 6.04. The zero-order valence-electron chi connectivity index (χ0n) is 15.9. The van der Waals surface area contributed by atoms with Crippen molar-refractivity contribution in [1.29, 1.82) is 0 Å². The van der Waals surface area contributed by atoms with Crippen molar-refractivity contribution in [3.63, 3.8) is 0 Å². The van der Waals surface area contributed by atoms with Gasteiger partial charge in [0.1, 0.15) is 6.54 Å². The van der Waals surface area contributed by atoms with Gasteiger partial charge in [-0.15, -0.1) is 0 Å². The minimum absolute atomic E-state index is 0.0521. The summed E-state index contributed by atoms with van der Waals surface area (Å²) in [6.07, 6.45) is 0. The lowest BCUT2D eigenvalue weighted by Crippen LogP contribution is -2.34. The van der Waals surface area contributed by atoms with Crippen LogP contribution in [0.1, 0.15) is 6.92 Å². The van der Waals surface area contributed by atoms with Crippen LogP contribution in [0.15, 0.2) is 59.5 Å². The van der Waals surface area contributed by atoms with E-state index in [2.05, 4.69) is 10.6 Å². The highest BCUT2D eigenvalue weighted by Gasteiger charge is 2.24. The van der Waals surface area contributed by atoms with Gasteiger partial charge in [-0.05, 0) is 36.4 Å². The van der Waals surface area contributed by atoms with Crippen molar-refractivity contribution < 1.29 is 27.5 Å². The molecule has 0 saturated heterocycles. The molecule has 0 atom stereocenters. The van der Waals surface area contributed by atoms with Crippen molar-refractivity contribution in [1.82, 2.24) is 4.31 Å². The Hall–Kier alpha value is -3.24. The molecular formula is C19H21N3O6S. The number of hydrogen-bond donors (Lipinski definition) is 2. The zero-order chi connectivity index (χ0) is 21.4. The van der Waals surface area contributed by atoms with E-state index in [9.17, 15) is 22.8 Å².